The number of benzene rings is 3. The van der Waals surface area contributed by atoms with Crippen molar-refractivity contribution in [1.29, 1.82) is 0 Å². The number of esters is 1. The molecular formula is C27H24ClF2N3O3. The highest BCUT2D eigenvalue weighted by Gasteiger charge is 2.34. The van der Waals surface area contributed by atoms with Gasteiger partial charge < -0.3 is 9.64 Å². The zero-order valence-electron chi connectivity index (χ0n) is 19.6. The van der Waals surface area contributed by atoms with E-state index in [1.54, 1.807) is 45.5 Å². The highest BCUT2D eigenvalue weighted by atomic mass is 35.5. The van der Waals surface area contributed by atoms with Crippen LogP contribution in [0.5, 0.6) is 0 Å². The van der Waals surface area contributed by atoms with Crippen LogP contribution in [0, 0.1) is 0 Å². The number of ether oxygens (including phenoxy) is 1. The highest BCUT2D eigenvalue weighted by molar-refractivity contribution is 6.31. The number of halogens is 3. The molecule has 0 saturated carbocycles. The quantitative estimate of drug-likeness (QED) is 0.331. The maximum Gasteiger partial charge on any atom is 0.337 e. The Bertz CT molecular complexity index is 1480. The molecule has 0 radical (unpaired) electrons. The molecule has 1 saturated heterocycles. The molecule has 0 atom stereocenters. The molecule has 5 rings (SSSR count). The monoisotopic (exact) mass is 511 g/mol. The Balaban J connectivity index is 1.52. The number of nitrogens with zero attached hydrogens (tertiary/aromatic N) is 3. The minimum absolute atomic E-state index is 0.169. The van der Waals surface area contributed by atoms with Gasteiger partial charge in [-0.25, -0.2) is 18.4 Å². The summed E-state index contributed by atoms with van der Waals surface area (Å²) < 4.78 is 35.1. The number of imidazole rings is 1. The minimum atomic E-state index is -2.61. The lowest BCUT2D eigenvalue weighted by atomic mass is 10.1. The third-order valence-corrected chi connectivity index (χ3v) is 6.78. The lowest BCUT2D eigenvalue weighted by Gasteiger charge is -2.33. The minimum Gasteiger partial charge on any atom is -0.465 e. The van der Waals surface area contributed by atoms with Gasteiger partial charge in [0, 0.05) is 36.6 Å². The van der Waals surface area contributed by atoms with Crippen LogP contribution in [0.3, 0.4) is 0 Å². The van der Waals surface area contributed by atoms with Gasteiger partial charge in [-0.3, -0.25) is 9.13 Å². The molecule has 1 fully saturated rings. The van der Waals surface area contributed by atoms with E-state index in [9.17, 15) is 18.4 Å². The number of piperidine rings is 1. The zero-order valence-corrected chi connectivity index (χ0v) is 20.3. The van der Waals surface area contributed by atoms with Crippen LogP contribution in [-0.2, 0) is 11.3 Å². The smallest absolute Gasteiger partial charge is 0.337 e. The first kappa shape index (κ1) is 24.1. The van der Waals surface area contributed by atoms with Crippen molar-refractivity contribution in [3.63, 3.8) is 0 Å². The van der Waals surface area contributed by atoms with Crippen molar-refractivity contribution in [2.45, 2.75) is 25.3 Å². The predicted molar refractivity (Wildman–Crippen MR) is 136 cm³/mol. The average Bonchev–Trinajstić information content (AvgIpc) is 3.14. The number of alkyl halides is 2. The Hall–Kier alpha value is -3.65. The van der Waals surface area contributed by atoms with E-state index >= 15 is 0 Å². The molecular weight excluding hydrogens is 488 g/mol. The van der Waals surface area contributed by atoms with Gasteiger partial charge in [-0.15, -0.1) is 0 Å². The summed E-state index contributed by atoms with van der Waals surface area (Å²) in [5.74, 6) is -3.06. The molecule has 4 aromatic rings. The first-order valence-electron chi connectivity index (χ1n) is 11.6. The van der Waals surface area contributed by atoms with E-state index in [1.165, 1.54) is 7.11 Å². The van der Waals surface area contributed by atoms with Crippen molar-refractivity contribution in [3.05, 3.63) is 93.4 Å². The lowest BCUT2D eigenvalue weighted by molar-refractivity contribution is -0.0220. The second-order valence-corrected chi connectivity index (χ2v) is 9.32. The van der Waals surface area contributed by atoms with Crippen LogP contribution < -0.4 is 10.6 Å². The number of carbonyl (C=O) groups is 1. The molecule has 0 aliphatic carbocycles. The molecule has 186 valence electrons. The maximum absolute atomic E-state index is 13.6. The molecule has 0 unspecified atom stereocenters. The van der Waals surface area contributed by atoms with Gasteiger partial charge in [-0.2, -0.15) is 0 Å². The fourth-order valence-electron chi connectivity index (χ4n) is 4.63. The number of methoxy groups -OCH3 is 1. The van der Waals surface area contributed by atoms with Crippen molar-refractivity contribution in [3.8, 4) is 5.69 Å². The molecule has 1 aromatic heterocycles. The summed E-state index contributed by atoms with van der Waals surface area (Å²) >= 11 is 6.28. The molecule has 0 amide bonds. The summed E-state index contributed by atoms with van der Waals surface area (Å²) in [5.41, 5.74) is 3.72. The van der Waals surface area contributed by atoms with Crippen LogP contribution in [0.2, 0.25) is 5.02 Å². The van der Waals surface area contributed by atoms with Crippen molar-refractivity contribution in [2.24, 2.45) is 0 Å². The summed E-state index contributed by atoms with van der Waals surface area (Å²) in [4.78, 5) is 27.5. The van der Waals surface area contributed by atoms with Gasteiger partial charge in [-0.05, 0) is 60.2 Å². The van der Waals surface area contributed by atoms with Gasteiger partial charge in [0.05, 0.1) is 35.9 Å². The molecule has 36 heavy (non-hydrogen) atoms. The van der Waals surface area contributed by atoms with E-state index in [0.717, 1.165) is 11.3 Å². The van der Waals surface area contributed by atoms with Gasteiger partial charge in [0.2, 0.25) is 0 Å². The molecule has 0 bridgehead atoms. The molecule has 6 nitrogen and oxygen atoms in total. The Morgan fingerprint density at radius 1 is 0.972 bits per heavy atom. The van der Waals surface area contributed by atoms with Gasteiger partial charge in [0.1, 0.15) is 0 Å². The van der Waals surface area contributed by atoms with Crippen LogP contribution in [0.15, 0.2) is 71.5 Å². The Morgan fingerprint density at radius 3 is 2.36 bits per heavy atom. The number of rotatable bonds is 5. The summed E-state index contributed by atoms with van der Waals surface area (Å²) in [6.45, 7) is 0.812. The van der Waals surface area contributed by atoms with Crippen molar-refractivity contribution < 1.29 is 18.3 Å². The van der Waals surface area contributed by atoms with E-state index in [2.05, 4.69) is 0 Å². The Morgan fingerprint density at radius 2 is 1.67 bits per heavy atom. The zero-order chi connectivity index (χ0) is 25.4. The van der Waals surface area contributed by atoms with E-state index in [-0.39, 0.29) is 38.2 Å². The molecule has 3 aromatic carbocycles. The topological polar surface area (TPSA) is 56.5 Å². The third-order valence-electron chi connectivity index (χ3n) is 6.55. The van der Waals surface area contributed by atoms with Crippen molar-refractivity contribution >= 4 is 34.3 Å². The second-order valence-electron chi connectivity index (χ2n) is 8.89. The van der Waals surface area contributed by atoms with E-state index < -0.39 is 11.9 Å². The molecule has 9 heteroatoms. The number of anilines is 1. The number of aromatic nitrogens is 2. The standard InChI is InChI=1S/C27H24ClF2N3O3/c1-36-25(34)19-4-2-3-18(15-19)17-32-23-10-5-20(28)16-24(23)33(26(32)35)22-8-6-21(7-9-22)31-13-11-27(29,30)12-14-31/h2-10,15-16H,11-14,17H2,1H3. The number of fused-ring (bicyclic) bond motifs is 1. The fraction of sp³-hybridized carbons (Fsp3) is 0.259. The van der Waals surface area contributed by atoms with Gasteiger partial charge in [-0.1, -0.05) is 23.7 Å². The first-order valence-corrected chi connectivity index (χ1v) is 11.9. The summed E-state index contributed by atoms with van der Waals surface area (Å²) in [5, 5.41) is 0.493. The molecule has 0 N–H and O–H groups in total. The van der Waals surface area contributed by atoms with E-state index in [4.69, 9.17) is 16.3 Å². The van der Waals surface area contributed by atoms with Gasteiger partial charge in [0.15, 0.2) is 0 Å². The Labute approximate surface area is 211 Å². The summed E-state index contributed by atoms with van der Waals surface area (Å²) in [6.07, 6.45) is -0.339. The van der Waals surface area contributed by atoms with Crippen LogP contribution >= 0.6 is 11.6 Å². The van der Waals surface area contributed by atoms with E-state index in [0.29, 0.717) is 27.3 Å². The number of carbonyl (C=O) groups excluding carboxylic acids is 1. The fourth-order valence-corrected chi connectivity index (χ4v) is 4.80. The number of hydrogen-bond donors (Lipinski definition) is 0. The molecule has 2 heterocycles. The second kappa shape index (κ2) is 9.43. The van der Waals surface area contributed by atoms with Crippen LogP contribution in [-0.4, -0.2) is 41.2 Å². The maximum atomic E-state index is 13.6. The highest BCUT2D eigenvalue weighted by Crippen LogP contribution is 2.31. The predicted octanol–water partition coefficient (Wildman–Crippen LogP) is 5.52. The first-order chi connectivity index (χ1) is 17.3. The van der Waals surface area contributed by atoms with Crippen LogP contribution in [0.4, 0.5) is 14.5 Å². The SMILES string of the molecule is COC(=O)c1cccc(Cn2c(=O)n(-c3ccc(N4CCC(F)(F)CC4)cc3)c3cc(Cl)ccc32)c1. The molecule has 1 aliphatic heterocycles. The van der Waals surface area contributed by atoms with Crippen LogP contribution in [0.1, 0.15) is 28.8 Å². The van der Waals surface area contributed by atoms with Gasteiger partial charge in [0.25, 0.3) is 5.92 Å². The largest absolute Gasteiger partial charge is 0.465 e. The van der Waals surface area contributed by atoms with Crippen molar-refractivity contribution in [2.75, 3.05) is 25.1 Å². The third kappa shape index (κ3) is 4.60. The van der Waals surface area contributed by atoms with Crippen LogP contribution in [0.25, 0.3) is 16.7 Å². The summed E-state index contributed by atoms with van der Waals surface area (Å²) in [6, 6.07) is 19.5. The average molecular weight is 512 g/mol. The molecule has 1 aliphatic rings. The number of hydrogen-bond acceptors (Lipinski definition) is 4. The lowest BCUT2D eigenvalue weighted by Crippen LogP contribution is -2.39. The van der Waals surface area contributed by atoms with Crippen molar-refractivity contribution in [1.82, 2.24) is 9.13 Å². The molecule has 0 spiro atoms. The normalized spacial score (nSPS) is 15.3. The van der Waals surface area contributed by atoms with E-state index in [1.807, 2.05) is 35.2 Å². The Kier molecular flexibility index (Phi) is 6.30. The van der Waals surface area contributed by atoms with Gasteiger partial charge >= 0.3 is 11.7 Å². The summed E-state index contributed by atoms with van der Waals surface area (Å²) in [7, 11) is 1.32.